The predicted molar refractivity (Wildman–Crippen MR) is 59.2 cm³/mol. The van der Waals surface area contributed by atoms with E-state index < -0.39 is 0 Å². The molecule has 0 aliphatic carbocycles. The van der Waals surface area contributed by atoms with E-state index in [0.717, 1.165) is 12.5 Å². The third-order valence-corrected chi connectivity index (χ3v) is 2.24. The second-order valence-corrected chi connectivity index (χ2v) is 3.94. The van der Waals surface area contributed by atoms with Gasteiger partial charge >= 0.3 is 0 Å². The largest absolute Gasteiger partial charge is 0.375 e. The fraction of sp³-hybridized carbons (Fsp3) is 0.500. The van der Waals surface area contributed by atoms with Gasteiger partial charge in [0, 0.05) is 19.3 Å². The zero-order chi connectivity index (χ0) is 9.68. The number of rotatable bonds is 4. The Kier molecular flexibility index (Phi) is 3.81. The average molecular weight is 177 g/mol. The molecule has 0 N–H and O–H groups in total. The fourth-order valence-electron chi connectivity index (χ4n) is 1.26. The molecule has 13 heavy (non-hydrogen) atoms. The van der Waals surface area contributed by atoms with E-state index in [2.05, 4.69) is 56.1 Å². The number of benzene rings is 1. The monoisotopic (exact) mass is 177 g/mol. The second-order valence-electron chi connectivity index (χ2n) is 3.94. The van der Waals surface area contributed by atoms with Crippen LogP contribution >= 0.6 is 0 Å². The highest BCUT2D eigenvalue weighted by atomic mass is 15.1. The van der Waals surface area contributed by atoms with E-state index >= 15 is 0 Å². The van der Waals surface area contributed by atoms with Crippen molar-refractivity contribution in [2.24, 2.45) is 5.92 Å². The van der Waals surface area contributed by atoms with Gasteiger partial charge < -0.3 is 4.90 Å². The van der Waals surface area contributed by atoms with Gasteiger partial charge in [-0.25, -0.2) is 0 Å². The molecule has 0 spiro atoms. The number of anilines is 1. The van der Waals surface area contributed by atoms with Crippen molar-refractivity contribution < 1.29 is 0 Å². The molecule has 0 fully saturated rings. The molecule has 0 heterocycles. The van der Waals surface area contributed by atoms with E-state index in [1.54, 1.807) is 0 Å². The fourth-order valence-corrected chi connectivity index (χ4v) is 1.26. The van der Waals surface area contributed by atoms with Crippen molar-refractivity contribution in [1.82, 2.24) is 0 Å². The molecule has 1 aromatic carbocycles. The van der Waals surface area contributed by atoms with E-state index in [0.29, 0.717) is 0 Å². The maximum Gasteiger partial charge on any atom is 0.0363 e. The Labute approximate surface area is 81.4 Å². The minimum absolute atomic E-state index is 0.783. The first-order chi connectivity index (χ1) is 6.20. The summed E-state index contributed by atoms with van der Waals surface area (Å²) in [5.74, 6) is 0.783. The predicted octanol–water partition coefficient (Wildman–Crippen LogP) is 3.17. The summed E-state index contributed by atoms with van der Waals surface area (Å²) >= 11 is 0. The maximum absolute atomic E-state index is 2.31. The molecule has 0 atom stereocenters. The van der Waals surface area contributed by atoms with Crippen LogP contribution < -0.4 is 4.90 Å². The summed E-state index contributed by atoms with van der Waals surface area (Å²) in [5.41, 5.74) is 1.31. The lowest BCUT2D eigenvalue weighted by atomic mass is 10.1. The smallest absolute Gasteiger partial charge is 0.0363 e. The Morgan fingerprint density at radius 1 is 1.15 bits per heavy atom. The van der Waals surface area contributed by atoms with Gasteiger partial charge in [-0.2, -0.15) is 0 Å². The Hall–Kier alpha value is -0.980. The van der Waals surface area contributed by atoms with Crippen molar-refractivity contribution in [1.29, 1.82) is 0 Å². The molecule has 1 heteroatoms. The normalized spacial score (nSPS) is 10.5. The molecular weight excluding hydrogens is 158 g/mol. The molecule has 1 aromatic rings. The van der Waals surface area contributed by atoms with Crippen LogP contribution in [0.15, 0.2) is 30.3 Å². The standard InChI is InChI=1S/C12H19N/c1-11(2)9-10-13(3)12-7-5-4-6-8-12/h4-8,11H,9-10H2,1-3H3. The Morgan fingerprint density at radius 3 is 2.31 bits per heavy atom. The van der Waals surface area contributed by atoms with Gasteiger partial charge in [-0.1, -0.05) is 32.0 Å². The zero-order valence-electron chi connectivity index (χ0n) is 8.83. The van der Waals surface area contributed by atoms with E-state index in [1.807, 2.05) is 0 Å². The van der Waals surface area contributed by atoms with Crippen LogP contribution in [0.4, 0.5) is 5.69 Å². The quantitative estimate of drug-likeness (QED) is 0.682. The van der Waals surface area contributed by atoms with Crippen molar-refractivity contribution in [3.8, 4) is 0 Å². The van der Waals surface area contributed by atoms with Crippen LogP contribution in [-0.2, 0) is 0 Å². The summed E-state index contributed by atoms with van der Waals surface area (Å²) < 4.78 is 0. The minimum Gasteiger partial charge on any atom is -0.375 e. The maximum atomic E-state index is 2.31. The van der Waals surface area contributed by atoms with Gasteiger partial charge in [0.25, 0.3) is 0 Å². The lowest BCUT2D eigenvalue weighted by molar-refractivity contribution is 0.585. The summed E-state index contributed by atoms with van der Waals surface area (Å²) in [5, 5.41) is 0. The third kappa shape index (κ3) is 3.49. The zero-order valence-corrected chi connectivity index (χ0v) is 8.83. The van der Waals surface area contributed by atoms with Gasteiger partial charge in [-0.3, -0.25) is 0 Å². The van der Waals surface area contributed by atoms with E-state index in [4.69, 9.17) is 0 Å². The van der Waals surface area contributed by atoms with Crippen LogP contribution in [0, 0.1) is 5.92 Å². The van der Waals surface area contributed by atoms with Crippen molar-refractivity contribution in [3.05, 3.63) is 30.3 Å². The molecule has 1 nitrogen and oxygen atoms in total. The van der Waals surface area contributed by atoms with Gasteiger partial charge in [-0.15, -0.1) is 0 Å². The number of hydrogen-bond donors (Lipinski definition) is 0. The van der Waals surface area contributed by atoms with Crippen LogP contribution in [-0.4, -0.2) is 13.6 Å². The number of para-hydroxylation sites is 1. The van der Waals surface area contributed by atoms with Crippen molar-refractivity contribution >= 4 is 5.69 Å². The highest BCUT2D eigenvalue weighted by Gasteiger charge is 2.00. The average Bonchev–Trinajstić information content (AvgIpc) is 2.15. The van der Waals surface area contributed by atoms with Crippen molar-refractivity contribution in [2.45, 2.75) is 20.3 Å². The van der Waals surface area contributed by atoms with Crippen LogP contribution in [0.2, 0.25) is 0 Å². The molecular formula is C12H19N. The SMILES string of the molecule is CC(C)CCN(C)c1ccccc1. The Morgan fingerprint density at radius 2 is 1.77 bits per heavy atom. The van der Waals surface area contributed by atoms with Crippen LogP contribution in [0.5, 0.6) is 0 Å². The van der Waals surface area contributed by atoms with Gasteiger partial charge in [0.1, 0.15) is 0 Å². The Balaban J connectivity index is 2.44. The highest BCUT2D eigenvalue weighted by Crippen LogP contribution is 2.12. The summed E-state index contributed by atoms with van der Waals surface area (Å²) in [6, 6.07) is 10.5. The first kappa shape index (κ1) is 10.1. The molecule has 0 bridgehead atoms. The molecule has 0 amide bonds. The van der Waals surface area contributed by atoms with Gasteiger partial charge in [0.15, 0.2) is 0 Å². The topological polar surface area (TPSA) is 3.24 Å². The Bertz CT molecular complexity index is 228. The summed E-state index contributed by atoms with van der Waals surface area (Å²) in [6.07, 6.45) is 1.26. The lowest BCUT2D eigenvalue weighted by Crippen LogP contribution is -2.19. The van der Waals surface area contributed by atoms with Gasteiger partial charge in [0.05, 0.1) is 0 Å². The third-order valence-electron chi connectivity index (χ3n) is 2.24. The van der Waals surface area contributed by atoms with Crippen molar-refractivity contribution in [2.75, 3.05) is 18.5 Å². The van der Waals surface area contributed by atoms with E-state index in [9.17, 15) is 0 Å². The first-order valence-electron chi connectivity index (χ1n) is 4.96. The van der Waals surface area contributed by atoms with Crippen LogP contribution in [0.3, 0.4) is 0 Å². The molecule has 0 saturated heterocycles. The van der Waals surface area contributed by atoms with E-state index in [1.165, 1.54) is 12.1 Å². The van der Waals surface area contributed by atoms with E-state index in [-0.39, 0.29) is 0 Å². The van der Waals surface area contributed by atoms with Crippen LogP contribution in [0.1, 0.15) is 20.3 Å². The lowest BCUT2D eigenvalue weighted by Gasteiger charge is -2.20. The van der Waals surface area contributed by atoms with Gasteiger partial charge in [0.2, 0.25) is 0 Å². The second kappa shape index (κ2) is 4.90. The first-order valence-corrected chi connectivity index (χ1v) is 4.96. The molecule has 0 aromatic heterocycles. The molecule has 0 unspecified atom stereocenters. The molecule has 0 saturated carbocycles. The summed E-state index contributed by atoms with van der Waals surface area (Å²) in [4.78, 5) is 2.31. The molecule has 0 radical (unpaired) electrons. The molecule has 1 rings (SSSR count). The molecule has 72 valence electrons. The highest BCUT2D eigenvalue weighted by molar-refractivity contribution is 5.44. The van der Waals surface area contributed by atoms with Crippen molar-refractivity contribution in [3.63, 3.8) is 0 Å². The minimum atomic E-state index is 0.783. The summed E-state index contributed by atoms with van der Waals surface area (Å²) in [7, 11) is 2.15. The molecule has 0 aliphatic heterocycles. The summed E-state index contributed by atoms with van der Waals surface area (Å²) in [6.45, 7) is 5.67. The van der Waals surface area contributed by atoms with Crippen LogP contribution in [0.25, 0.3) is 0 Å². The molecule has 0 aliphatic rings. The van der Waals surface area contributed by atoms with Gasteiger partial charge in [-0.05, 0) is 24.5 Å². The number of hydrogen-bond acceptors (Lipinski definition) is 1. The number of nitrogens with zero attached hydrogens (tertiary/aromatic N) is 1.